The van der Waals surface area contributed by atoms with Gasteiger partial charge in [0.15, 0.2) is 0 Å². The van der Waals surface area contributed by atoms with Gasteiger partial charge in [0.1, 0.15) is 17.7 Å². The number of rotatable bonds is 2. The van der Waals surface area contributed by atoms with Crippen LogP contribution in [0.5, 0.6) is 5.75 Å². The van der Waals surface area contributed by atoms with Crippen molar-refractivity contribution in [2.24, 2.45) is 5.73 Å². The summed E-state index contributed by atoms with van der Waals surface area (Å²) in [6, 6.07) is 4.58. The van der Waals surface area contributed by atoms with Crippen LogP contribution >= 0.6 is 0 Å². The maximum absolute atomic E-state index is 13.6. The van der Waals surface area contributed by atoms with Gasteiger partial charge in [-0.25, -0.2) is 4.39 Å². The SMILES string of the molecule is NCC#Cc1cc(F)cc(OC2CCOC3(CCC3)C2)c1. The molecule has 1 aliphatic heterocycles. The summed E-state index contributed by atoms with van der Waals surface area (Å²) >= 11 is 0. The van der Waals surface area contributed by atoms with Crippen LogP contribution in [0.25, 0.3) is 0 Å². The molecule has 2 aliphatic rings. The van der Waals surface area contributed by atoms with Crippen molar-refractivity contribution in [3.8, 4) is 17.6 Å². The molecule has 3 rings (SSSR count). The van der Waals surface area contributed by atoms with Gasteiger partial charge < -0.3 is 15.2 Å². The van der Waals surface area contributed by atoms with E-state index >= 15 is 0 Å². The Hall–Kier alpha value is -1.57. The first kappa shape index (κ1) is 14.4. The van der Waals surface area contributed by atoms with Gasteiger partial charge in [-0.15, -0.1) is 0 Å². The molecule has 3 nitrogen and oxygen atoms in total. The standard InChI is InChI=1S/C17H20FNO2/c18-14-9-13(3-1-7-19)10-16(11-14)21-15-4-8-20-17(12-15)5-2-6-17/h9-11,15H,2,4-8,12,19H2. The molecule has 2 fully saturated rings. The summed E-state index contributed by atoms with van der Waals surface area (Å²) in [6.07, 6.45) is 5.30. The zero-order valence-electron chi connectivity index (χ0n) is 12.0. The van der Waals surface area contributed by atoms with Crippen LogP contribution in [0.15, 0.2) is 18.2 Å². The van der Waals surface area contributed by atoms with Crippen molar-refractivity contribution in [2.75, 3.05) is 13.2 Å². The molecule has 0 bridgehead atoms. The summed E-state index contributed by atoms with van der Waals surface area (Å²) in [5, 5.41) is 0. The Kier molecular flexibility index (Phi) is 4.14. The van der Waals surface area contributed by atoms with Crippen LogP contribution in [-0.4, -0.2) is 24.9 Å². The third kappa shape index (κ3) is 3.37. The highest BCUT2D eigenvalue weighted by Crippen LogP contribution is 2.43. The molecule has 0 amide bonds. The maximum atomic E-state index is 13.6. The van der Waals surface area contributed by atoms with Gasteiger partial charge in [-0.3, -0.25) is 0 Å². The first-order valence-electron chi connectivity index (χ1n) is 7.49. The molecular formula is C17H20FNO2. The minimum atomic E-state index is -0.334. The number of nitrogens with two attached hydrogens (primary N) is 1. The van der Waals surface area contributed by atoms with Gasteiger partial charge >= 0.3 is 0 Å². The van der Waals surface area contributed by atoms with Gasteiger partial charge in [0.2, 0.25) is 0 Å². The van der Waals surface area contributed by atoms with E-state index < -0.39 is 0 Å². The molecule has 1 heterocycles. The monoisotopic (exact) mass is 289 g/mol. The van der Waals surface area contributed by atoms with Gasteiger partial charge in [-0.1, -0.05) is 11.8 Å². The highest BCUT2D eigenvalue weighted by atomic mass is 19.1. The van der Waals surface area contributed by atoms with E-state index in [0.29, 0.717) is 11.3 Å². The predicted octanol–water partition coefficient (Wildman–Crippen LogP) is 2.62. The quantitative estimate of drug-likeness (QED) is 0.851. The fourth-order valence-corrected chi connectivity index (χ4v) is 3.05. The van der Waals surface area contributed by atoms with Gasteiger partial charge in [0.05, 0.1) is 18.8 Å². The van der Waals surface area contributed by atoms with Crippen molar-refractivity contribution in [1.29, 1.82) is 0 Å². The lowest BCUT2D eigenvalue weighted by molar-refractivity contribution is -0.153. The number of hydrogen-bond donors (Lipinski definition) is 1. The molecule has 1 saturated carbocycles. The van der Waals surface area contributed by atoms with Crippen molar-refractivity contribution >= 4 is 0 Å². The molecule has 1 aromatic rings. The lowest BCUT2D eigenvalue weighted by atomic mass is 9.74. The van der Waals surface area contributed by atoms with Crippen LogP contribution in [0.1, 0.15) is 37.7 Å². The normalized spacial score (nSPS) is 23.0. The van der Waals surface area contributed by atoms with E-state index in [2.05, 4.69) is 11.8 Å². The van der Waals surface area contributed by atoms with Gasteiger partial charge in [-0.05, 0) is 31.4 Å². The Morgan fingerprint density at radius 3 is 2.95 bits per heavy atom. The maximum Gasteiger partial charge on any atom is 0.128 e. The van der Waals surface area contributed by atoms with E-state index in [1.54, 1.807) is 6.07 Å². The van der Waals surface area contributed by atoms with Crippen LogP contribution < -0.4 is 10.5 Å². The van der Waals surface area contributed by atoms with E-state index in [0.717, 1.165) is 32.3 Å². The van der Waals surface area contributed by atoms with Crippen molar-refractivity contribution in [2.45, 2.75) is 43.8 Å². The average molecular weight is 289 g/mol. The van der Waals surface area contributed by atoms with Crippen LogP contribution in [0.2, 0.25) is 0 Å². The molecule has 21 heavy (non-hydrogen) atoms. The molecule has 1 spiro atoms. The van der Waals surface area contributed by atoms with Gasteiger partial charge in [0, 0.05) is 24.5 Å². The minimum Gasteiger partial charge on any atom is -0.490 e. The van der Waals surface area contributed by atoms with E-state index in [1.165, 1.54) is 18.6 Å². The lowest BCUT2D eigenvalue weighted by Crippen LogP contribution is -2.48. The second kappa shape index (κ2) is 6.05. The molecule has 0 aromatic heterocycles. The third-order valence-electron chi connectivity index (χ3n) is 4.22. The molecule has 1 unspecified atom stereocenters. The molecule has 1 saturated heterocycles. The number of halogens is 1. The smallest absolute Gasteiger partial charge is 0.128 e. The zero-order valence-corrected chi connectivity index (χ0v) is 12.0. The van der Waals surface area contributed by atoms with Crippen LogP contribution in [0.4, 0.5) is 4.39 Å². The second-order valence-corrected chi connectivity index (χ2v) is 5.80. The highest BCUT2D eigenvalue weighted by molar-refractivity contribution is 5.40. The van der Waals surface area contributed by atoms with E-state index in [9.17, 15) is 4.39 Å². The minimum absolute atomic E-state index is 0.0262. The molecule has 1 atom stereocenters. The van der Waals surface area contributed by atoms with Crippen molar-refractivity contribution in [1.82, 2.24) is 0 Å². The first-order chi connectivity index (χ1) is 10.2. The Labute approximate surface area is 124 Å². The summed E-state index contributed by atoms with van der Waals surface area (Å²) < 4.78 is 25.5. The summed E-state index contributed by atoms with van der Waals surface area (Å²) in [6.45, 7) is 0.981. The predicted molar refractivity (Wildman–Crippen MR) is 78.5 cm³/mol. The molecule has 112 valence electrons. The summed E-state index contributed by atoms with van der Waals surface area (Å²) in [5.41, 5.74) is 5.97. The first-order valence-corrected chi connectivity index (χ1v) is 7.49. The summed E-state index contributed by atoms with van der Waals surface area (Å²) in [5.74, 6) is 5.78. The van der Waals surface area contributed by atoms with Crippen molar-refractivity contribution < 1.29 is 13.9 Å². The molecule has 4 heteroatoms. The fraction of sp³-hybridized carbons (Fsp3) is 0.529. The summed E-state index contributed by atoms with van der Waals surface area (Å²) in [4.78, 5) is 0. The van der Waals surface area contributed by atoms with E-state index in [-0.39, 0.29) is 24.1 Å². The number of hydrogen-bond acceptors (Lipinski definition) is 3. The Bertz CT molecular complexity index is 572. The Morgan fingerprint density at radius 1 is 1.38 bits per heavy atom. The molecule has 1 aliphatic carbocycles. The molecule has 0 radical (unpaired) electrons. The number of ether oxygens (including phenoxy) is 2. The third-order valence-corrected chi connectivity index (χ3v) is 4.22. The molecule has 2 N–H and O–H groups in total. The summed E-state index contributed by atoms with van der Waals surface area (Å²) in [7, 11) is 0. The average Bonchev–Trinajstić information content (AvgIpc) is 2.43. The van der Waals surface area contributed by atoms with Crippen LogP contribution in [0.3, 0.4) is 0 Å². The van der Waals surface area contributed by atoms with E-state index in [1.807, 2.05) is 0 Å². The van der Waals surface area contributed by atoms with Gasteiger partial charge in [0.25, 0.3) is 0 Å². The lowest BCUT2D eigenvalue weighted by Gasteiger charge is -2.46. The van der Waals surface area contributed by atoms with Gasteiger partial charge in [-0.2, -0.15) is 0 Å². The fourth-order valence-electron chi connectivity index (χ4n) is 3.05. The van der Waals surface area contributed by atoms with Crippen molar-refractivity contribution in [3.05, 3.63) is 29.6 Å². The molecular weight excluding hydrogens is 269 g/mol. The Morgan fingerprint density at radius 2 is 2.24 bits per heavy atom. The molecule has 1 aromatic carbocycles. The topological polar surface area (TPSA) is 44.5 Å². The van der Waals surface area contributed by atoms with Crippen molar-refractivity contribution in [3.63, 3.8) is 0 Å². The van der Waals surface area contributed by atoms with Crippen LogP contribution in [0, 0.1) is 17.7 Å². The number of benzene rings is 1. The second-order valence-electron chi connectivity index (χ2n) is 5.80. The van der Waals surface area contributed by atoms with E-state index in [4.69, 9.17) is 15.2 Å². The zero-order chi connectivity index (χ0) is 14.7. The largest absolute Gasteiger partial charge is 0.490 e. The van der Waals surface area contributed by atoms with Crippen LogP contribution in [-0.2, 0) is 4.74 Å². The Balaban J connectivity index is 1.70. The highest BCUT2D eigenvalue weighted by Gasteiger charge is 2.43.